The molecule has 5 aromatic rings. The van der Waals surface area contributed by atoms with Crippen molar-refractivity contribution in [2.24, 2.45) is 0 Å². The summed E-state index contributed by atoms with van der Waals surface area (Å²) in [4.78, 5) is 19.6. The summed E-state index contributed by atoms with van der Waals surface area (Å²) in [6.07, 6.45) is 4.58. The molecule has 0 bridgehead atoms. The van der Waals surface area contributed by atoms with Gasteiger partial charge in [-0.3, -0.25) is 14.4 Å². The summed E-state index contributed by atoms with van der Waals surface area (Å²) < 4.78 is 8.72. The van der Waals surface area contributed by atoms with Crippen molar-refractivity contribution >= 4 is 50.0 Å². The summed E-state index contributed by atoms with van der Waals surface area (Å²) in [5, 5.41) is 17.8. The monoisotopic (exact) mass is 612 g/mol. The molecule has 3 aromatic carbocycles. The van der Waals surface area contributed by atoms with Gasteiger partial charge in [-0.15, -0.1) is 11.3 Å². The van der Waals surface area contributed by atoms with E-state index in [2.05, 4.69) is 27.8 Å². The highest BCUT2D eigenvalue weighted by Gasteiger charge is 2.34. The number of ether oxygens (including phenoxy) is 1. The second-order valence-corrected chi connectivity index (χ2v) is 13.7. The molecular formula is C34H33ClN4O3S. The lowest BCUT2D eigenvalue weighted by atomic mass is 9.90. The topological polar surface area (TPSA) is 80.5 Å². The molecule has 2 aliphatic heterocycles. The Morgan fingerprint density at radius 3 is 2.44 bits per heavy atom. The van der Waals surface area contributed by atoms with Gasteiger partial charge in [-0.2, -0.15) is 5.10 Å². The highest BCUT2D eigenvalue weighted by atomic mass is 35.5. The largest absolute Gasteiger partial charge is 0.481 e. The Kier molecular flexibility index (Phi) is 6.78. The van der Waals surface area contributed by atoms with Gasteiger partial charge in [-0.05, 0) is 98.8 Å². The Morgan fingerprint density at radius 2 is 1.77 bits per heavy atom. The molecule has 4 heterocycles. The number of fused-ring (bicyclic) bond motifs is 2. The second-order valence-electron chi connectivity index (χ2n) is 12.3. The van der Waals surface area contributed by atoms with Crippen LogP contribution in [-0.2, 0) is 16.0 Å². The third kappa shape index (κ3) is 4.94. The molecule has 43 heavy (non-hydrogen) atoms. The van der Waals surface area contributed by atoms with Crippen molar-refractivity contribution in [1.82, 2.24) is 19.7 Å². The predicted molar refractivity (Wildman–Crippen MR) is 171 cm³/mol. The highest BCUT2D eigenvalue weighted by molar-refractivity contribution is 7.22. The van der Waals surface area contributed by atoms with Crippen LogP contribution in [0.5, 0.6) is 0 Å². The average Bonchev–Trinajstić information content (AvgIpc) is 3.62. The van der Waals surface area contributed by atoms with E-state index < -0.39 is 5.97 Å². The molecule has 0 radical (unpaired) electrons. The maximum Gasteiger partial charge on any atom is 0.307 e. The van der Waals surface area contributed by atoms with Gasteiger partial charge in [-0.1, -0.05) is 23.7 Å². The van der Waals surface area contributed by atoms with Gasteiger partial charge in [0, 0.05) is 27.5 Å². The third-order valence-corrected chi connectivity index (χ3v) is 10.8. The third-order valence-electron chi connectivity index (χ3n) is 9.40. The zero-order chi connectivity index (χ0) is 29.2. The van der Waals surface area contributed by atoms with Crippen LogP contribution in [0.25, 0.3) is 42.8 Å². The van der Waals surface area contributed by atoms with E-state index >= 15 is 0 Å². The average molecular weight is 613 g/mol. The van der Waals surface area contributed by atoms with Crippen LogP contribution in [0.3, 0.4) is 0 Å². The van der Waals surface area contributed by atoms with Crippen LogP contribution >= 0.6 is 22.9 Å². The quantitative estimate of drug-likeness (QED) is 0.205. The van der Waals surface area contributed by atoms with E-state index in [1.54, 1.807) is 11.3 Å². The fourth-order valence-corrected chi connectivity index (χ4v) is 8.09. The summed E-state index contributed by atoms with van der Waals surface area (Å²) in [5.41, 5.74) is 8.06. The maximum absolute atomic E-state index is 11.9. The number of carboxylic acid groups (broad SMARTS) is 1. The van der Waals surface area contributed by atoms with Crippen LogP contribution in [0.1, 0.15) is 54.5 Å². The smallest absolute Gasteiger partial charge is 0.307 e. The number of benzene rings is 3. The Balaban J connectivity index is 1.22. The van der Waals surface area contributed by atoms with Crippen molar-refractivity contribution < 1.29 is 14.6 Å². The highest BCUT2D eigenvalue weighted by Crippen LogP contribution is 2.44. The SMILES string of the molecule is Cc1cc2nc(-c3ccc4c(c3)c(C3CCN(C5COC5)CC3)nn4C3CC3)sc2c(-c2ccc(Cl)cc2)c1CC(=O)O. The van der Waals surface area contributed by atoms with Gasteiger partial charge in [0.15, 0.2) is 0 Å². The summed E-state index contributed by atoms with van der Waals surface area (Å²) >= 11 is 7.84. The number of thiazole rings is 1. The summed E-state index contributed by atoms with van der Waals surface area (Å²) in [7, 11) is 0. The Bertz CT molecular complexity index is 1860. The van der Waals surface area contributed by atoms with Gasteiger partial charge in [0.05, 0.1) is 53.1 Å². The van der Waals surface area contributed by atoms with E-state index in [4.69, 9.17) is 26.4 Å². The van der Waals surface area contributed by atoms with E-state index in [1.165, 1.54) is 29.4 Å². The normalized spacial score (nSPS) is 18.5. The number of aliphatic carboxylic acids is 1. The summed E-state index contributed by atoms with van der Waals surface area (Å²) in [6.45, 7) is 5.90. The number of aromatic nitrogens is 3. The molecule has 1 N–H and O–H groups in total. The number of hydrogen-bond donors (Lipinski definition) is 1. The van der Waals surface area contributed by atoms with Crippen LogP contribution in [0.2, 0.25) is 5.02 Å². The van der Waals surface area contributed by atoms with E-state index in [0.29, 0.717) is 23.0 Å². The lowest BCUT2D eigenvalue weighted by Crippen LogP contribution is -2.51. The molecular weight excluding hydrogens is 580 g/mol. The molecule has 220 valence electrons. The number of carbonyl (C=O) groups is 1. The number of likely N-dealkylation sites (tertiary alicyclic amines) is 1. The van der Waals surface area contributed by atoms with E-state index in [-0.39, 0.29) is 6.42 Å². The van der Waals surface area contributed by atoms with Crippen LogP contribution < -0.4 is 0 Å². The second kappa shape index (κ2) is 10.7. The number of rotatable bonds is 7. The molecule has 1 aliphatic carbocycles. The first-order valence-corrected chi connectivity index (χ1v) is 16.4. The first-order chi connectivity index (χ1) is 20.9. The molecule has 3 fully saturated rings. The van der Waals surface area contributed by atoms with Crippen LogP contribution in [0.4, 0.5) is 0 Å². The summed E-state index contributed by atoms with van der Waals surface area (Å²) in [6, 6.07) is 17.5. The Hall–Kier alpha value is -3.30. The molecule has 9 heteroatoms. The molecule has 0 amide bonds. The molecule has 2 saturated heterocycles. The molecule has 3 aliphatic rings. The van der Waals surface area contributed by atoms with Gasteiger partial charge < -0.3 is 9.84 Å². The number of piperidine rings is 1. The molecule has 8 rings (SSSR count). The molecule has 0 spiro atoms. The minimum absolute atomic E-state index is 0.0464. The number of nitrogens with zero attached hydrogens (tertiary/aromatic N) is 4. The fourth-order valence-electron chi connectivity index (χ4n) is 6.83. The Labute approximate surface area is 259 Å². The number of carboxylic acids is 1. The fraction of sp³-hybridized carbons (Fsp3) is 0.382. The number of halogens is 1. The minimum atomic E-state index is -0.847. The van der Waals surface area contributed by atoms with Crippen LogP contribution in [-0.4, -0.2) is 63.1 Å². The predicted octanol–water partition coefficient (Wildman–Crippen LogP) is 7.48. The zero-order valence-corrected chi connectivity index (χ0v) is 25.6. The first kappa shape index (κ1) is 27.3. The number of aryl methyl sites for hydroxylation is 1. The van der Waals surface area contributed by atoms with Gasteiger partial charge in [0.2, 0.25) is 0 Å². The summed E-state index contributed by atoms with van der Waals surface area (Å²) in [5.74, 6) is -0.400. The zero-order valence-electron chi connectivity index (χ0n) is 24.1. The minimum Gasteiger partial charge on any atom is -0.481 e. The van der Waals surface area contributed by atoms with Crippen LogP contribution in [0, 0.1) is 6.92 Å². The van der Waals surface area contributed by atoms with Gasteiger partial charge in [0.1, 0.15) is 5.01 Å². The molecule has 1 saturated carbocycles. The lowest BCUT2D eigenvalue weighted by Gasteiger charge is -2.41. The van der Waals surface area contributed by atoms with Gasteiger partial charge in [0.25, 0.3) is 0 Å². The van der Waals surface area contributed by atoms with Crippen molar-refractivity contribution in [1.29, 1.82) is 0 Å². The van der Waals surface area contributed by atoms with E-state index in [0.717, 1.165) is 82.2 Å². The van der Waals surface area contributed by atoms with E-state index in [1.807, 2.05) is 37.3 Å². The molecule has 2 aromatic heterocycles. The van der Waals surface area contributed by atoms with Crippen molar-refractivity contribution in [3.8, 4) is 21.7 Å². The molecule has 7 nitrogen and oxygen atoms in total. The molecule has 0 unspecified atom stereocenters. The van der Waals surface area contributed by atoms with Crippen LogP contribution in [0.15, 0.2) is 48.5 Å². The standard InChI is InChI=1S/C34H33ClN4O3S/c1-19-14-28-33(31(26(19)16-30(40)41)20-2-5-23(35)6-3-20)43-34(36-28)22-4-9-29-27(15-22)32(37-39(29)24-7-8-24)21-10-12-38(13-11-21)25-17-42-18-25/h2-6,9,14-15,21,24-25H,7-8,10-13,16-18H2,1H3,(H,40,41). The lowest BCUT2D eigenvalue weighted by molar-refractivity contribution is -0.136. The van der Waals surface area contributed by atoms with E-state index in [9.17, 15) is 9.90 Å². The maximum atomic E-state index is 11.9. The van der Waals surface area contributed by atoms with Crippen molar-refractivity contribution in [2.75, 3.05) is 26.3 Å². The van der Waals surface area contributed by atoms with Crippen molar-refractivity contribution in [3.63, 3.8) is 0 Å². The Morgan fingerprint density at radius 1 is 1.02 bits per heavy atom. The molecule has 0 atom stereocenters. The van der Waals surface area contributed by atoms with Gasteiger partial charge >= 0.3 is 5.97 Å². The van der Waals surface area contributed by atoms with Gasteiger partial charge in [-0.25, -0.2) is 4.98 Å². The first-order valence-electron chi connectivity index (χ1n) is 15.2. The number of hydrogen-bond acceptors (Lipinski definition) is 6. The van der Waals surface area contributed by atoms with Crippen molar-refractivity contribution in [2.45, 2.75) is 57.0 Å². The van der Waals surface area contributed by atoms with Crippen molar-refractivity contribution in [3.05, 3.63) is 70.4 Å².